The molecule has 112 valence electrons. The number of methoxy groups -OCH3 is 1. The zero-order chi connectivity index (χ0) is 15.4. The van der Waals surface area contributed by atoms with Gasteiger partial charge in [0.05, 0.1) is 12.8 Å². The zero-order valence-corrected chi connectivity index (χ0v) is 12.5. The van der Waals surface area contributed by atoms with Gasteiger partial charge in [-0.15, -0.1) is 11.3 Å². The van der Waals surface area contributed by atoms with Gasteiger partial charge in [-0.05, 0) is 24.7 Å². The molecule has 0 aliphatic rings. The first-order valence-electron chi connectivity index (χ1n) is 6.18. The minimum Gasteiger partial charge on any atom is -0.494 e. The fourth-order valence-corrected chi connectivity index (χ4v) is 2.58. The van der Waals surface area contributed by atoms with Crippen molar-refractivity contribution in [1.82, 2.24) is 9.88 Å². The van der Waals surface area contributed by atoms with E-state index in [1.165, 1.54) is 13.2 Å². The maximum atomic E-state index is 13.6. The SMILES string of the molecule is COc1ccc(CN(C)Cc2csc(C(=O)O)n2)cc1F. The first-order chi connectivity index (χ1) is 9.99. The van der Waals surface area contributed by atoms with Crippen LogP contribution in [0.2, 0.25) is 0 Å². The molecular weight excluding hydrogens is 295 g/mol. The van der Waals surface area contributed by atoms with Crippen LogP contribution in [-0.2, 0) is 13.1 Å². The molecule has 0 aliphatic heterocycles. The Morgan fingerprint density at radius 1 is 1.48 bits per heavy atom. The van der Waals surface area contributed by atoms with E-state index in [1.807, 2.05) is 11.9 Å². The van der Waals surface area contributed by atoms with E-state index in [-0.39, 0.29) is 10.8 Å². The first-order valence-corrected chi connectivity index (χ1v) is 7.06. The van der Waals surface area contributed by atoms with Gasteiger partial charge in [-0.25, -0.2) is 14.2 Å². The maximum absolute atomic E-state index is 13.6. The highest BCUT2D eigenvalue weighted by molar-refractivity contribution is 7.11. The van der Waals surface area contributed by atoms with E-state index >= 15 is 0 Å². The molecule has 7 heteroatoms. The number of nitrogens with zero attached hydrogens (tertiary/aromatic N) is 2. The van der Waals surface area contributed by atoms with Gasteiger partial charge in [0.25, 0.3) is 0 Å². The Balaban J connectivity index is 1.99. The van der Waals surface area contributed by atoms with Crippen LogP contribution in [0.5, 0.6) is 5.75 Å². The summed E-state index contributed by atoms with van der Waals surface area (Å²) in [5.74, 6) is -1.21. The van der Waals surface area contributed by atoms with Crippen LogP contribution in [0.4, 0.5) is 4.39 Å². The average molecular weight is 310 g/mol. The number of rotatable bonds is 6. The lowest BCUT2D eigenvalue weighted by atomic mass is 10.2. The number of thiazole rings is 1. The smallest absolute Gasteiger partial charge is 0.365 e. The molecule has 1 N–H and O–H groups in total. The van der Waals surface area contributed by atoms with Gasteiger partial charge < -0.3 is 9.84 Å². The van der Waals surface area contributed by atoms with Gasteiger partial charge in [-0.2, -0.15) is 0 Å². The molecule has 1 heterocycles. The third-order valence-corrected chi connectivity index (χ3v) is 3.71. The monoisotopic (exact) mass is 310 g/mol. The van der Waals surface area contributed by atoms with Crippen LogP contribution in [0.3, 0.4) is 0 Å². The lowest BCUT2D eigenvalue weighted by Gasteiger charge is -2.15. The summed E-state index contributed by atoms with van der Waals surface area (Å²) in [6.07, 6.45) is 0. The summed E-state index contributed by atoms with van der Waals surface area (Å²) in [6.45, 7) is 1.03. The Hall–Kier alpha value is -1.99. The molecule has 0 fully saturated rings. The standard InChI is InChI=1S/C14H15FN2O3S/c1-17(7-10-8-21-13(16-10)14(18)19)6-9-3-4-12(20-2)11(15)5-9/h3-5,8H,6-7H2,1-2H3,(H,18,19). The van der Waals surface area contributed by atoms with Gasteiger partial charge in [0, 0.05) is 18.5 Å². The number of hydrogen-bond acceptors (Lipinski definition) is 5. The summed E-state index contributed by atoms with van der Waals surface area (Å²) < 4.78 is 18.5. The number of halogens is 1. The molecule has 0 atom stereocenters. The highest BCUT2D eigenvalue weighted by Gasteiger charge is 2.11. The van der Waals surface area contributed by atoms with Crippen LogP contribution in [0.1, 0.15) is 21.1 Å². The molecule has 5 nitrogen and oxygen atoms in total. The molecule has 21 heavy (non-hydrogen) atoms. The van der Waals surface area contributed by atoms with Crippen LogP contribution in [0.15, 0.2) is 23.6 Å². The second kappa shape index (κ2) is 6.64. The molecule has 0 saturated carbocycles. The highest BCUT2D eigenvalue weighted by Crippen LogP contribution is 2.19. The van der Waals surface area contributed by atoms with Crippen LogP contribution < -0.4 is 4.74 Å². The predicted molar refractivity (Wildman–Crippen MR) is 77.2 cm³/mol. The van der Waals surface area contributed by atoms with Crippen molar-refractivity contribution in [1.29, 1.82) is 0 Å². The van der Waals surface area contributed by atoms with E-state index in [4.69, 9.17) is 9.84 Å². The van der Waals surface area contributed by atoms with Crippen molar-refractivity contribution in [3.63, 3.8) is 0 Å². The van der Waals surface area contributed by atoms with E-state index in [9.17, 15) is 9.18 Å². The van der Waals surface area contributed by atoms with E-state index in [0.29, 0.717) is 18.8 Å². The summed E-state index contributed by atoms with van der Waals surface area (Å²) in [5, 5.41) is 10.6. The summed E-state index contributed by atoms with van der Waals surface area (Å²) in [6, 6.07) is 4.81. The van der Waals surface area contributed by atoms with Crippen molar-refractivity contribution in [2.75, 3.05) is 14.2 Å². The molecule has 1 aromatic carbocycles. The van der Waals surface area contributed by atoms with Crippen molar-refractivity contribution in [2.24, 2.45) is 0 Å². The minimum absolute atomic E-state index is 0.0777. The number of carboxylic acid groups (broad SMARTS) is 1. The number of ether oxygens (including phenoxy) is 1. The number of benzene rings is 1. The van der Waals surface area contributed by atoms with Crippen LogP contribution >= 0.6 is 11.3 Å². The first kappa shape index (κ1) is 15.4. The molecule has 0 saturated heterocycles. The van der Waals surface area contributed by atoms with E-state index in [2.05, 4.69) is 4.98 Å². The molecule has 0 bridgehead atoms. The molecule has 1 aromatic heterocycles. The van der Waals surface area contributed by atoms with Crippen molar-refractivity contribution in [2.45, 2.75) is 13.1 Å². The average Bonchev–Trinajstić information content (AvgIpc) is 2.87. The molecule has 0 radical (unpaired) electrons. The Morgan fingerprint density at radius 2 is 2.24 bits per heavy atom. The predicted octanol–water partition coefficient (Wildman–Crippen LogP) is 2.62. The highest BCUT2D eigenvalue weighted by atomic mass is 32.1. The van der Waals surface area contributed by atoms with Crippen LogP contribution in [-0.4, -0.2) is 35.1 Å². The van der Waals surface area contributed by atoms with Crippen molar-refractivity contribution in [3.05, 3.63) is 45.7 Å². The van der Waals surface area contributed by atoms with Gasteiger partial charge >= 0.3 is 5.97 Å². The molecule has 0 aliphatic carbocycles. The van der Waals surface area contributed by atoms with Crippen LogP contribution in [0.25, 0.3) is 0 Å². The Kier molecular flexibility index (Phi) is 4.87. The summed E-state index contributed by atoms with van der Waals surface area (Å²) in [5.41, 5.74) is 1.50. The van der Waals surface area contributed by atoms with Crippen molar-refractivity contribution in [3.8, 4) is 5.75 Å². The number of aromatic carboxylic acids is 1. The Labute approximate surface area is 125 Å². The number of hydrogen-bond donors (Lipinski definition) is 1. The lowest BCUT2D eigenvalue weighted by molar-refractivity contribution is 0.0696. The summed E-state index contributed by atoms with van der Waals surface area (Å²) in [4.78, 5) is 16.7. The molecule has 0 amide bonds. The minimum atomic E-state index is -1.02. The molecule has 0 unspecified atom stereocenters. The molecular formula is C14H15FN2O3S. The number of carboxylic acids is 1. The third-order valence-electron chi connectivity index (χ3n) is 2.84. The van der Waals surface area contributed by atoms with Crippen molar-refractivity contribution >= 4 is 17.3 Å². The van der Waals surface area contributed by atoms with E-state index < -0.39 is 11.8 Å². The number of aromatic nitrogens is 1. The topological polar surface area (TPSA) is 62.7 Å². The van der Waals surface area contributed by atoms with Crippen LogP contribution in [0, 0.1) is 5.82 Å². The molecule has 0 spiro atoms. The fourth-order valence-electron chi connectivity index (χ4n) is 1.93. The summed E-state index contributed by atoms with van der Waals surface area (Å²) >= 11 is 1.10. The molecule has 2 aromatic rings. The van der Waals surface area contributed by atoms with E-state index in [1.54, 1.807) is 17.5 Å². The van der Waals surface area contributed by atoms with Gasteiger partial charge in [0.15, 0.2) is 11.6 Å². The quantitative estimate of drug-likeness (QED) is 0.888. The zero-order valence-electron chi connectivity index (χ0n) is 11.7. The van der Waals surface area contributed by atoms with Crippen molar-refractivity contribution < 1.29 is 19.0 Å². The molecule has 2 rings (SSSR count). The normalized spacial score (nSPS) is 10.9. The second-order valence-electron chi connectivity index (χ2n) is 4.59. The van der Waals surface area contributed by atoms with Gasteiger partial charge in [0.2, 0.25) is 5.01 Å². The van der Waals surface area contributed by atoms with Gasteiger partial charge in [0.1, 0.15) is 0 Å². The van der Waals surface area contributed by atoms with Gasteiger partial charge in [-0.1, -0.05) is 6.07 Å². The Bertz CT molecular complexity index is 645. The fraction of sp³-hybridized carbons (Fsp3) is 0.286. The Morgan fingerprint density at radius 3 is 2.81 bits per heavy atom. The van der Waals surface area contributed by atoms with Gasteiger partial charge in [-0.3, -0.25) is 4.90 Å². The lowest BCUT2D eigenvalue weighted by Crippen LogP contribution is -2.17. The van der Waals surface area contributed by atoms with E-state index in [0.717, 1.165) is 16.9 Å². The second-order valence-corrected chi connectivity index (χ2v) is 5.45. The maximum Gasteiger partial charge on any atom is 0.365 e. The number of carbonyl (C=O) groups is 1. The largest absolute Gasteiger partial charge is 0.494 e. The third kappa shape index (κ3) is 3.99. The summed E-state index contributed by atoms with van der Waals surface area (Å²) in [7, 11) is 3.29.